The molecule has 3 rings (SSSR count). The van der Waals surface area contributed by atoms with Crippen LogP contribution in [0.15, 0.2) is 11.6 Å². The van der Waals surface area contributed by atoms with Crippen LogP contribution in [0, 0.1) is 17.3 Å². The molecular formula is C18H29N3O2. The molecule has 0 spiro atoms. The molecule has 128 valence electrons. The number of carbonyl (C=O) groups is 2. The Hall–Kier alpha value is -1.52. The minimum Gasteiger partial charge on any atom is -0.342 e. The monoisotopic (exact) mass is 319 g/mol. The van der Waals surface area contributed by atoms with Gasteiger partial charge in [-0.15, -0.1) is 0 Å². The van der Waals surface area contributed by atoms with Gasteiger partial charge in [0.25, 0.3) is 0 Å². The molecular weight excluding hydrogens is 290 g/mol. The number of nitrogens with one attached hydrogen (secondary N) is 1. The van der Waals surface area contributed by atoms with Gasteiger partial charge in [0.05, 0.1) is 5.92 Å². The summed E-state index contributed by atoms with van der Waals surface area (Å²) in [6.45, 7) is 11.7. The van der Waals surface area contributed by atoms with E-state index < -0.39 is 0 Å². The molecule has 2 aliphatic heterocycles. The highest BCUT2D eigenvalue weighted by Gasteiger charge is 2.61. The third-order valence-corrected chi connectivity index (χ3v) is 5.80. The van der Waals surface area contributed by atoms with E-state index in [1.54, 1.807) is 0 Å². The second-order valence-electron chi connectivity index (χ2n) is 8.05. The predicted octanol–water partition coefficient (Wildman–Crippen LogP) is 2.24. The van der Waals surface area contributed by atoms with Crippen LogP contribution < -0.4 is 5.32 Å². The van der Waals surface area contributed by atoms with E-state index in [0.717, 1.165) is 39.0 Å². The van der Waals surface area contributed by atoms with Gasteiger partial charge in [-0.3, -0.25) is 4.79 Å². The number of nitrogens with zero attached hydrogens (tertiary/aromatic N) is 2. The van der Waals surface area contributed by atoms with Gasteiger partial charge in [-0.2, -0.15) is 0 Å². The lowest BCUT2D eigenvalue weighted by Crippen LogP contribution is -2.48. The number of piperidine rings is 1. The molecule has 1 saturated carbocycles. The van der Waals surface area contributed by atoms with Gasteiger partial charge in [-0.05, 0) is 38.0 Å². The molecule has 2 atom stereocenters. The Labute approximate surface area is 139 Å². The summed E-state index contributed by atoms with van der Waals surface area (Å²) in [6.07, 6.45) is 4.06. The molecule has 5 nitrogen and oxygen atoms in total. The number of urea groups is 1. The van der Waals surface area contributed by atoms with E-state index >= 15 is 0 Å². The molecule has 23 heavy (non-hydrogen) atoms. The summed E-state index contributed by atoms with van der Waals surface area (Å²) in [6, 6.07) is 0.351. The highest BCUT2D eigenvalue weighted by Crippen LogP contribution is 2.60. The lowest BCUT2D eigenvalue weighted by Gasteiger charge is -2.36. The summed E-state index contributed by atoms with van der Waals surface area (Å²) in [5, 5.41) is 2.86. The fourth-order valence-corrected chi connectivity index (χ4v) is 4.25. The van der Waals surface area contributed by atoms with Crippen molar-refractivity contribution in [3.63, 3.8) is 0 Å². The van der Waals surface area contributed by atoms with Crippen LogP contribution in [0.2, 0.25) is 0 Å². The van der Waals surface area contributed by atoms with Crippen molar-refractivity contribution in [1.82, 2.24) is 15.1 Å². The van der Waals surface area contributed by atoms with Gasteiger partial charge in [0.15, 0.2) is 0 Å². The average Bonchev–Trinajstić information content (AvgIpc) is 2.83. The van der Waals surface area contributed by atoms with Gasteiger partial charge in [0.1, 0.15) is 0 Å². The first-order valence-corrected chi connectivity index (χ1v) is 8.80. The maximum Gasteiger partial charge on any atom is 0.317 e. The van der Waals surface area contributed by atoms with Crippen LogP contribution in [0.25, 0.3) is 0 Å². The van der Waals surface area contributed by atoms with E-state index in [9.17, 15) is 9.59 Å². The normalized spacial score (nSPS) is 30.2. The van der Waals surface area contributed by atoms with Crippen LogP contribution in [0.1, 0.15) is 40.5 Å². The van der Waals surface area contributed by atoms with Gasteiger partial charge < -0.3 is 15.1 Å². The fraction of sp³-hybridized carbons (Fsp3) is 0.778. The van der Waals surface area contributed by atoms with Crippen molar-refractivity contribution in [3.8, 4) is 0 Å². The molecule has 2 heterocycles. The number of hydrogen-bond acceptors (Lipinski definition) is 2. The molecule has 3 fully saturated rings. The van der Waals surface area contributed by atoms with Crippen molar-refractivity contribution in [2.45, 2.75) is 46.6 Å². The number of amides is 3. The van der Waals surface area contributed by atoms with E-state index in [1.807, 2.05) is 9.80 Å². The predicted molar refractivity (Wildman–Crippen MR) is 89.9 cm³/mol. The Morgan fingerprint density at radius 1 is 1.22 bits per heavy atom. The average molecular weight is 319 g/mol. The summed E-state index contributed by atoms with van der Waals surface area (Å²) < 4.78 is 0. The second kappa shape index (κ2) is 5.84. The molecule has 2 saturated heterocycles. The van der Waals surface area contributed by atoms with Crippen molar-refractivity contribution >= 4 is 11.9 Å². The Kier molecular flexibility index (Phi) is 4.15. The largest absolute Gasteiger partial charge is 0.342 e. The maximum atomic E-state index is 12.9. The van der Waals surface area contributed by atoms with Crippen LogP contribution in [-0.4, -0.2) is 54.0 Å². The van der Waals surface area contributed by atoms with Crippen LogP contribution in [0.3, 0.4) is 0 Å². The summed E-state index contributed by atoms with van der Waals surface area (Å²) in [4.78, 5) is 28.6. The molecule has 3 amide bonds. The molecule has 3 aliphatic rings. The smallest absolute Gasteiger partial charge is 0.317 e. The van der Waals surface area contributed by atoms with E-state index in [1.165, 1.54) is 5.57 Å². The quantitative estimate of drug-likeness (QED) is 0.811. The van der Waals surface area contributed by atoms with Crippen molar-refractivity contribution < 1.29 is 9.59 Å². The van der Waals surface area contributed by atoms with Crippen LogP contribution in [-0.2, 0) is 4.79 Å². The maximum absolute atomic E-state index is 12.9. The van der Waals surface area contributed by atoms with Crippen molar-refractivity contribution in [3.05, 3.63) is 11.6 Å². The highest BCUT2D eigenvalue weighted by molar-refractivity contribution is 5.84. The first-order valence-electron chi connectivity index (χ1n) is 8.80. The molecule has 0 bridgehead atoms. The first-order chi connectivity index (χ1) is 10.8. The Balaban J connectivity index is 1.57. The number of carbonyl (C=O) groups excluding carboxylic acids is 2. The van der Waals surface area contributed by atoms with E-state index in [0.29, 0.717) is 17.9 Å². The zero-order valence-corrected chi connectivity index (χ0v) is 14.8. The molecule has 1 N–H and O–H groups in total. The number of rotatable bonds is 3. The van der Waals surface area contributed by atoms with E-state index in [-0.39, 0.29) is 17.4 Å². The minimum atomic E-state index is 0.0572. The van der Waals surface area contributed by atoms with Crippen LogP contribution in [0.5, 0.6) is 0 Å². The highest BCUT2D eigenvalue weighted by atomic mass is 16.2. The topological polar surface area (TPSA) is 52.7 Å². The molecule has 0 aromatic carbocycles. The Morgan fingerprint density at radius 2 is 1.87 bits per heavy atom. The molecule has 5 heteroatoms. The van der Waals surface area contributed by atoms with Crippen molar-refractivity contribution in [2.24, 2.45) is 17.3 Å². The lowest BCUT2D eigenvalue weighted by molar-refractivity contribution is -0.134. The Morgan fingerprint density at radius 3 is 2.39 bits per heavy atom. The summed E-state index contributed by atoms with van der Waals surface area (Å²) >= 11 is 0. The van der Waals surface area contributed by atoms with Crippen LogP contribution >= 0.6 is 0 Å². The minimum absolute atomic E-state index is 0.0572. The van der Waals surface area contributed by atoms with E-state index in [2.05, 4.69) is 39.1 Å². The summed E-state index contributed by atoms with van der Waals surface area (Å²) in [7, 11) is 0. The van der Waals surface area contributed by atoms with Crippen molar-refractivity contribution in [2.75, 3.05) is 26.2 Å². The lowest BCUT2D eigenvalue weighted by atomic mass is 10.0. The van der Waals surface area contributed by atoms with Crippen LogP contribution in [0.4, 0.5) is 4.79 Å². The van der Waals surface area contributed by atoms with Crippen molar-refractivity contribution in [1.29, 1.82) is 0 Å². The standard InChI is InChI=1S/C18H29N3O2/c1-12(2)11-14-15(18(14,3)4)16(22)20-8-5-13(6-9-20)21-10-7-19-17(21)23/h11,13-15H,5-10H2,1-4H3,(H,19,23)/t14-,15+/m0/s1. The Bertz CT molecular complexity index is 528. The first kappa shape index (κ1) is 16.3. The number of hydrogen-bond donors (Lipinski definition) is 1. The van der Waals surface area contributed by atoms with Gasteiger partial charge in [-0.1, -0.05) is 25.5 Å². The van der Waals surface area contributed by atoms with Gasteiger partial charge >= 0.3 is 6.03 Å². The SMILES string of the molecule is CC(C)=C[C@H]1[C@H](C(=O)N2CCC(N3CCNC3=O)CC2)C1(C)C. The number of allylic oxidation sites excluding steroid dienone is 2. The van der Waals surface area contributed by atoms with Gasteiger partial charge in [0.2, 0.25) is 5.91 Å². The second-order valence-corrected chi connectivity index (χ2v) is 8.05. The molecule has 0 aromatic rings. The third-order valence-electron chi connectivity index (χ3n) is 5.80. The summed E-state index contributed by atoms with van der Waals surface area (Å²) in [5.74, 6) is 0.813. The molecule has 0 unspecified atom stereocenters. The molecule has 0 aromatic heterocycles. The molecule has 1 aliphatic carbocycles. The van der Waals surface area contributed by atoms with Gasteiger partial charge in [0, 0.05) is 32.2 Å². The summed E-state index contributed by atoms with van der Waals surface area (Å²) in [5.41, 5.74) is 1.37. The van der Waals surface area contributed by atoms with Gasteiger partial charge in [-0.25, -0.2) is 4.79 Å². The fourth-order valence-electron chi connectivity index (χ4n) is 4.25. The number of likely N-dealkylation sites (tertiary alicyclic amines) is 1. The molecule has 0 radical (unpaired) electrons. The zero-order valence-electron chi connectivity index (χ0n) is 14.8. The third kappa shape index (κ3) is 2.98. The zero-order chi connectivity index (χ0) is 16.8. The van der Waals surface area contributed by atoms with E-state index in [4.69, 9.17) is 0 Å².